The highest BCUT2D eigenvalue weighted by Crippen LogP contribution is 2.28. The van der Waals surface area contributed by atoms with E-state index in [1.54, 1.807) is 0 Å². The molecular weight excluding hydrogens is 237 g/mol. The molecular formula is C12H16FN3O2. The molecule has 0 atom stereocenters. The molecule has 0 spiro atoms. The van der Waals surface area contributed by atoms with E-state index in [-0.39, 0.29) is 11.4 Å². The molecule has 0 unspecified atom stereocenters. The summed E-state index contributed by atoms with van der Waals surface area (Å²) in [4.78, 5) is 15.3. The topological polar surface area (TPSA) is 77.2 Å². The Morgan fingerprint density at radius 2 is 2.39 bits per heavy atom. The number of nitrogens with zero attached hydrogens (tertiary/aromatic N) is 1. The van der Waals surface area contributed by atoms with Crippen LogP contribution in [0.4, 0.5) is 10.2 Å². The number of amides is 1. The van der Waals surface area contributed by atoms with Gasteiger partial charge in [0.15, 0.2) is 0 Å². The average Bonchev–Trinajstić information content (AvgIpc) is 3.15. The number of carbonyl (C=O) groups excluding carboxylic acids is 1. The van der Waals surface area contributed by atoms with Gasteiger partial charge in [-0.05, 0) is 24.8 Å². The molecule has 0 aliphatic heterocycles. The van der Waals surface area contributed by atoms with Crippen molar-refractivity contribution in [3.63, 3.8) is 0 Å². The van der Waals surface area contributed by atoms with Crippen molar-refractivity contribution in [2.24, 2.45) is 5.92 Å². The number of nitrogens with one attached hydrogen (secondary N) is 1. The quantitative estimate of drug-likeness (QED) is 0.740. The number of pyridine rings is 1. The maximum Gasteiger partial charge on any atom is 0.255 e. The van der Waals surface area contributed by atoms with Gasteiger partial charge < -0.3 is 15.8 Å². The van der Waals surface area contributed by atoms with Crippen LogP contribution in [0.1, 0.15) is 23.2 Å². The first-order valence-electron chi connectivity index (χ1n) is 5.94. The van der Waals surface area contributed by atoms with Crippen LogP contribution in [0.15, 0.2) is 12.3 Å². The van der Waals surface area contributed by atoms with Crippen molar-refractivity contribution in [2.75, 3.05) is 25.5 Å². The van der Waals surface area contributed by atoms with Crippen LogP contribution in [0.25, 0.3) is 0 Å². The van der Waals surface area contributed by atoms with Crippen LogP contribution in [-0.4, -0.2) is 30.6 Å². The standard InChI is InChI=1S/C12H16FN3O2/c13-9-5-10(11(14)16-6-9)12(17)15-3-4-18-7-8-1-2-8/h5-6,8H,1-4,7H2,(H2,14,16)(H,15,17). The molecule has 1 heterocycles. The summed E-state index contributed by atoms with van der Waals surface area (Å²) in [7, 11) is 0. The van der Waals surface area contributed by atoms with E-state index in [0.717, 1.165) is 18.9 Å². The first-order chi connectivity index (χ1) is 8.66. The molecule has 0 radical (unpaired) electrons. The third-order valence-electron chi connectivity index (χ3n) is 2.71. The monoisotopic (exact) mass is 253 g/mol. The van der Waals surface area contributed by atoms with Gasteiger partial charge in [0.05, 0.1) is 18.4 Å². The van der Waals surface area contributed by atoms with Gasteiger partial charge in [0.2, 0.25) is 0 Å². The van der Waals surface area contributed by atoms with Crippen molar-refractivity contribution in [3.05, 3.63) is 23.6 Å². The largest absolute Gasteiger partial charge is 0.383 e. The molecule has 1 aliphatic carbocycles. The highest BCUT2D eigenvalue weighted by atomic mass is 19.1. The number of anilines is 1. The van der Waals surface area contributed by atoms with Crippen LogP contribution in [0.2, 0.25) is 0 Å². The second kappa shape index (κ2) is 5.77. The smallest absolute Gasteiger partial charge is 0.255 e. The molecule has 18 heavy (non-hydrogen) atoms. The maximum atomic E-state index is 12.9. The highest BCUT2D eigenvalue weighted by Gasteiger charge is 2.20. The molecule has 1 fully saturated rings. The van der Waals surface area contributed by atoms with E-state index in [4.69, 9.17) is 10.5 Å². The van der Waals surface area contributed by atoms with E-state index in [2.05, 4.69) is 10.3 Å². The van der Waals surface area contributed by atoms with Gasteiger partial charge in [-0.3, -0.25) is 4.79 Å². The molecule has 5 nitrogen and oxygen atoms in total. The molecule has 1 saturated carbocycles. The van der Waals surface area contributed by atoms with Gasteiger partial charge in [0.25, 0.3) is 5.91 Å². The minimum atomic E-state index is -0.584. The third-order valence-corrected chi connectivity index (χ3v) is 2.71. The molecule has 1 aliphatic rings. The van der Waals surface area contributed by atoms with Crippen molar-refractivity contribution in [2.45, 2.75) is 12.8 Å². The van der Waals surface area contributed by atoms with E-state index in [1.165, 1.54) is 12.8 Å². The average molecular weight is 253 g/mol. The van der Waals surface area contributed by atoms with Gasteiger partial charge in [0.1, 0.15) is 11.6 Å². The van der Waals surface area contributed by atoms with E-state index in [1.807, 2.05) is 0 Å². The summed E-state index contributed by atoms with van der Waals surface area (Å²) in [5.74, 6) is -0.301. The van der Waals surface area contributed by atoms with Crippen LogP contribution >= 0.6 is 0 Å². The minimum Gasteiger partial charge on any atom is -0.383 e. The first kappa shape index (κ1) is 12.8. The van der Waals surface area contributed by atoms with Crippen LogP contribution in [0, 0.1) is 11.7 Å². The van der Waals surface area contributed by atoms with E-state index >= 15 is 0 Å². The predicted molar refractivity (Wildman–Crippen MR) is 64.5 cm³/mol. The fourth-order valence-electron chi connectivity index (χ4n) is 1.50. The van der Waals surface area contributed by atoms with Gasteiger partial charge in [-0.25, -0.2) is 9.37 Å². The SMILES string of the molecule is Nc1ncc(F)cc1C(=O)NCCOCC1CC1. The number of carbonyl (C=O) groups is 1. The second-order valence-corrected chi connectivity index (χ2v) is 4.36. The minimum absolute atomic E-state index is 0.0211. The molecule has 0 aromatic carbocycles. The van der Waals surface area contributed by atoms with Gasteiger partial charge in [-0.2, -0.15) is 0 Å². The van der Waals surface area contributed by atoms with Gasteiger partial charge >= 0.3 is 0 Å². The number of nitrogens with two attached hydrogens (primary N) is 1. The number of hydrogen-bond donors (Lipinski definition) is 2. The molecule has 0 saturated heterocycles. The normalized spacial score (nSPS) is 14.5. The summed E-state index contributed by atoms with van der Waals surface area (Å²) in [6, 6.07) is 1.07. The zero-order valence-corrected chi connectivity index (χ0v) is 9.99. The summed E-state index contributed by atoms with van der Waals surface area (Å²) in [6.45, 7) is 1.58. The lowest BCUT2D eigenvalue weighted by Gasteiger charge is -2.07. The Morgan fingerprint density at radius 3 is 3.11 bits per heavy atom. The molecule has 1 aromatic heterocycles. The molecule has 6 heteroatoms. The highest BCUT2D eigenvalue weighted by molar-refractivity contribution is 5.98. The Morgan fingerprint density at radius 1 is 1.61 bits per heavy atom. The van der Waals surface area contributed by atoms with Crippen LogP contribution in [0.5, 0.6) is 0 Å². The fourth-order valence-corrected chi connectivity index (χ4v) is 1.50. The zero-order chi connectivity index (χ0) is 13.0. The molecule has 2 rings (SSSR count). The Balaban J connectivity index is 1.74. The molecule has 3 N–H and O–H groups in total. The zero-order valence-electron chi connectivity index (χ0n) is 9.99. The number of halogens is 1. The van der Waals surface area contributed by atoms with Crippen molar-refractivity contribution in [1.82, 2.24) is 10.3 Å². The van der Waals surface area contributed by atoms with Gasteiger partial charge in [-0.1, -0.05) is 0 Å². The maximum absolute atomic E-state index is 12.9. The van der Waals surface area contributed by atoms with Crippen LogP contribution in [-0.2, 0) is 4.74 Å². The van der Waals surface area contributed by atoms with Crippen LogP contribution < -0.4 is 11.1 Å². The van der Waals surface area contributed by atoms with E-state index < -0.39 is 11.7 Å². The molecule has 1 amide bonds. The second-order valence-electron chi connectivity index (χ2n) is 4.36. The summed E-state index contributed by atoms with van der Waals surface area (Å²) >= 11 is 0. The lowest BCUT2D eigenvalue weighted by molar-refractivity contribution is 0.0906. The number of ether oxygens (including phenoxy) is 1. The van der Waals surface area contributed by atoms with Crippen molar-refractivity contribution in [3.8, 4) is 0 Å². The number of nitrogen functional groups attached to an aromatic ring is 1. The van der Waals surface area contributed by atoms with Crippen molar-refractivity contribution in [1.29, 1.82) is 0 Å². The van der Waals surface area contributed by atoms with Crippen molar-refractivity contribution < 1.29 is 13.9 Å². The Hall–Kier alpha value is -1.69. The van der Waals surface area contributed by atoms with E-state index in [9.17, 15) is 9.18 Å². The Labute approximate surface area is 105 Å². The first-order valence-corrected chi connectivity index (χ1v) is 5.94. The molecule has 1 aromatic rings. The molecule has 0 bridgehead atoms. The summed E-state index contributed by atoms with van der Waals surface area (Å²) < 4.78 is 18.3. The summed E-state index contributed by atoms with van der Waals surface area (Å²) in [5.41, 5.74) is 5.55. The van der Waals surface area contributed by atoms with Crippen molar-refractivity contribution >= 4 is 11.7 Å². The number of rotatable bonds is 6. The molecule has 98 valence electrons. The summed E-state index contributed by atoms with van der Waals surface area (Å²) in [6.07, 6.45) is 3.45. The third kappa shape index (κ3) is 3.66. The lowest BCUT2D eigenvalue weighted by Crippen LogP contribution is -2.28. The lowest BCUT2D eigenvalue weighted by atomic mass is 10.2. The predicted octanol–water partition coefficient (Wildman–Crippen LogP) is 0.959. The summed E-state index contributed by atoms with van der Waals surface area (Å²) in [5, 5.41) is 2.61. The van der Waals surface area contributed by atoms with Gasteiger partial charge in [0, 0.05) is 13.2 Å². The Bertz CT molecular complexity index is 435. The number of aromatic nitrogens is 1. The number of hydrogen-bond acceptors (Lipinski definition) is 4. The Kier molecular flexibility index (Phi) is 4.09. The fraction of sp³-hybridized carbons (Fsp3) is 0.500. The van der Waals surface area contributed by atoms with Crippen LogP contribution in [0.3, 0.4) is 0 Å². The van der Waals surface area contributed by atoms with E-state index in [0.29, 0.717) is 19.1 Å². The van der Waals surface area contributed by atoms with Gasteiger partial charge in [-0.15, -0.1) is 0 Å².